The Morgan fingerprint density at radius 2 is 1.22 bits per heavy atom. The Kier molecular flexibility index (Phi) is 33.1. The highest BCUT2D eigenvalue weighted by Crippen LogP contribution is 2.29. The van der Waals surface area contributed by atoms with Crippen LogP contribution in [-0.4, -0.2) is 133 Å². The van der Waals surface area contributed by atoms with Crippen LogP contribution in [0, 0.1) is 35.4 Å². The van der Waals surface area contributed by atoms with Gasteiger partial charge in [-0.05, 0) is 135 Å². The fourth-order valence-electron chi connectivity index (χ4n) is 8.03. The Morgan fingerprint density at radius 3 is 1.75 bits per heavy atom. The summed E-state index contributed by atoms with van der Waals surface area (Å²) in [6.07, 6.45) is 10.1. The smallest absolute Gasteiger partial charge is 0.254 e. The first-order valence-electron chi connectivity index (χ1n) is 27.7. The largest absolute Gasteiger partial charge is 0.353 e. The molecule has 9 amide bonds. The minimum absolute atomic E-state index is 0.00746. The van der Waals surface area contributed by atoms with Crippen molar-refractivity contribution in [1.82, 2.24) is 52.8 Å². The molecule has 19 nitrogen and oxygen atoms in total. The highest BCUT2D eigenvalue weighted by atomic mass is 19.1. The van der Waals surface area contributed by atoms with Crippen molar-refractivity contribution in [2.24, 2.45) is 29.6 Å². The molecule has 9 N–H and O–H groups in total. The van der Waals surface area contributed by atoms with Gasteiger partial charge in [-0.15, -0.1) is 0 Å². The molecule has 0 bridgehead atoms. The van der Waals surface area contributed by atoms with Crippen LogP contribution < -0.4 is 47.9 Å². The van der Waals surface area contributed by atoms with E-state index in [1.165, 1.54) is 90.5 Å². The van der Waals surface area contributed by atoms with Gasteiger partial charge in [-0.2, -0.15) is 0 Å². The maximum absolute atomic E-state index is 13.2. The van der Waals surface area contributed by atoms with E-state index in [2.05, 4.69) is 103 Å². The third kappa shape index (κ3) is 30.2. The minimum atomic E-state index is -1.44. The molecule has 0 radical (unpaired) electrons. The van der Waals surface area contributed by atoms with Gasteiger partial charge in [0.05, 0.1) is 13.1 Å². The second-order valence-corrected chi connectivity index (χ2v) is 23.9. The van der Waals surface area contributed by atoms with Crippen LogP contribution >= 0.6 is 0 Å². The van der Waals surface area contributed by atoms with Gasteiger partial charge in [-0.25, -0.2) is 4.39 Å². The number of hydrogen-bond donors (Lipinski definition) is 9. The number of hydrogen-bond acceptors (Lipinski definition) is 10. The first kappa shape index (κ1) is 71.3. The lowest BCUT2D eigenvalue weighted by atomic mass is 9.85. The summed E-state index contributed by atoms with van der Waals surface area (Å²) in [5.41, 5.74) is -3.64. The number of rotatable bonds is 24. The number of carbonyl (C=O) groups excluding carboxylic acids is 9. The molecule has 1 aromatic carbocycles. The lowest BCUT2D eigenvalue weighted by molar-refractivity contribution is -0.138. The number of nitrogens with one attached hydrogen (secondary N) is 9. The van der Waals surface area contributed by atoms with Gasteiger partial charge in [0.1, 0.15) is 34.5 Å². The quantitative estimate of drug-likeness (QED) is 0.0479. The normalized spacial score (nSPS) is 16.4. The van der Waals surface area contributed by atoms with Crippen molar-refractivity contribution in [2.45, 2.75) is 203 Å². The Labute approximate surface area is 460 Å². The molecule has 0 spiro atoms. The van der Waals surface area contributed by atoms with Gasteiger partial charge in [0.2, 0.25) is 47.8 Å². The molecule has 77 heavy (non-hydrogen) atoms. The average molecular weight is 1090 g/mol. The maximum atomic E-state index is 13.2. The van der Waals surface area contributed by atoms with E-state index in [1.807, 2.05) is 13.8 Å². The van der Waals surface area contributed by atoms with Crippen molar-refractivity contribution in [3.63, 3.8) is 0 Å². The molecule has 3 rings (SSSR count). The molecule has 1 aliphatic carbocycles. The van der Waals surface area contributed by atoms with Gasteiger partial charge in [0.25, 0.3) is 5.91 Å². The molecule has 1 saturated heterocycles. The Hall–Kier alpha value is -5.66. The van der Waals surface area contributed by atoms with Gasteiger partial charge in [0.15, 0.2) is 0 Å². The van der Waals surface area contributed by atoms with Crippen LogP contribution in [0.5, 0.6) is 0 Å². The Balaban J connectivity index is 0.00000137. The van der Waals surface area contributed by atoms with E-state index in [1.54, 1.807) is 25.8 Å². The molecule has 1 aromatic rings. The van der Waals surface area contributed by atoms with Crippen LogP contribution in [0.25, 0.3) is 0 Å². The second kappa shape index (κ2) is 35.7. The van der Waals surface area contributed by atoms with E-state index < -0.39 is 70.7 Å². The van der Waals surface area contributed by atoms with Crippen molar-refractivity contribution in [3.05, 3.63) is 35.6 Å². The van der Waals surface area contributed by atoms with Gasteiger partial charge in [0, 0.05) is 31.2 Å². The van der Waals surface area contributed by atoms with E-state index in [4.69, 9.17) is 0 Å². The number of amides is 9. The number of carbonyl (C=O) groups is 9. The summed E-state index contributed by atoms with van der Waals surface area (Å²) >= 11 is 0. The SMILES string of the molecule is CC(C)C.CC(C)C.CC1C[C@@H](C(=O)N[C@H](C)CCC2CCCCC2)N(C(=O)c2ccc(F)cc2)C1.CNCCNC(=O)C(C)(C)NC(=O)C(C)(C)NC(=O)[C@H](CC(C)C)NC(=O)CNC(=O)C(C)(C)NC(=O)CNC=O. The topological polar surface area (TPSA) is 265 Å². The first-order chi connectivity index (χ1) is 35.7. The standard InChI is InChI=1S/C26H48N8O7.C23H33FN2O2.2C4H10/c1-16(2)12-17(31-18(36)14-30-22(40)24(3,4)32-19(37)13-28-15-35)20(38)33-26(7,8)23(41)34-25(5,6)21(39)29-11-10-27-9;1-16-14-21(26(15-16)23(28)19-10-12-20(24)13-11-19)22(27)25-17(2)8-9-18-6-4-3-5-7-18;2*1-4(2)3/h15-17,27H,10-14H2,1-9H3,(H,28,35)(H,29,39)(H,30,40)(H,31,36)(H,32,37)(H,33,38)(H,34,41);10-13,16-18,21H,3-9,14-15H2,1-2H3,(H,25,27);2*4H,1-3H3/t17-;16?,17-,21+;;/m01../s1. The zero-order valence-electron chi connectivity index (χ0n) is 49.9. The Bertz CT molecular complexity index is 1990. The van der Waals surface area contributed by atoms with E-state index in [0.717, 1.165) is 24.2 Å². The summed E-state index contributed by atoms with van der Waals surface area (Å²) in [4.78, 5) is 113. The molecule has 1 saturated carbocycles. The summed E-state index contributed by atoms with van der Waals surface area (Å²) in [5, 5.41) is 23.6. The van der Waals surface area contributed by atoms with Gasteiger partial charge < -0.3 is 52.8 Å². The van der Waals surface area contributed by atoms with E-state index in [-0.39, 0.29) is 48.5 Å². The number of nitrogens with zero attached hydrogens (tertiary/aromatic N) is 1. The summed E-state index contributed by atoms with van der Waals surface area (Å²) in [6, 6.07) is 4.21. The Morgan fingerprint density at radius 1 is 0.688 bits per heavy atom. The van der Waals surface area contributed by atoms with Gasteiger partial charge in [-0.1, -0.05) is 94.4 Å². The first-order valence-corrected chi connectivity index (χ1v) is 27.7. The molecule has 1 unspecified atom stereocenters. The van der Waals surface area contributed by atoms with Crippen LogP contribution in [0.3, 0.4) is 0 Å². The molecule has 2 aliphatic rings. The summed E-state index contributed by atoms with van der Waals surface area (Å²) in [6.45, 7) is 30.4. The van der Waals surface area contributed by atoms with E-state index in [0.29, 0.717) is 38.0 Å². The molecule has 4 atom stereocenters. The summed E-state index contributed by atoms with van der Waals surface area (Å²) in [5.74, 6) is -1.42. The zero-order valence-corrected chi connectivity index (χ0v) is 49.9. The number of benzene rings is 1. The van der Waals surface area contributed by atoms with Gasteiger partial charge in [-0.3, -0.25) is 43.2 Å². The monoisotopic (exact) mass is 1090 g/mol. The lowest BCUT2D eigenvalue weighted by Crippen LogP contribution is -2.64. The van der Waals surface area contributed by atoms with Crippen LogP contribution in [-0.2, 0) is 38.4 Å². The van der Waals surface area contributed by atoms with Crippen molar-refractivity contribution < 1.29 is 47.5 Å². The fourth-order valence-corrected chi connectivity index (χ4v) is 8.03. The number of halogens is 1. The van der Waals surface area contributed by atoms with Crippen LogP contribution in [0.2, 0.25) is 0 Å². The highest BCUT2D eigenvalue weighted by Gasteiger charge is 2.40. The average Bonchev–Trinajstić information content (AvgIpc) is 3.73. The molecular formula is C57H101FN10O9. The van der Waals surface area contributed by atoms with Crippen molar-refractivity contribution >= 4 is 53.7 Å². The number of likely N-dealkylation sites (tertiary alicyclic amines) is 1. The predicted octanol–water partition coefficient (Wildman–Crippen LogP) is 5.27. The minimum Gasteiger partial charge on any atom is -0.353 e. The fraction of sp³-hybridized carbons (Fsp3) is 0.737. The maximum Gasteiger partial charge on any atom is 0.254 e. The summed E-state index contributed by atoms with van der Waals surface area (Å²) < 4.78 is 13.2. The molecule has 440 valence electrons. The van der Waals surface area contributed by atoms with Gasteiger partial charge >= 0.3 is 0 Å². The number of likely N-dealkylation sites (N-methyl/N-ethyl adjacent to an activating group) is 1. The highest BCUT2D eigenvalue weighted by molar-refractivity contribution is 5.99. The van der Waals surface area contributed by atoms with E-state index in [9.17, 15) is 47.5 Å². The molecule has 2 fully saturated rings. The van der Waals surface area contributed by atoms with Crippen LogP contribution in [0.1, 0.15) is 179 Å². The lowest BCUT2D eigenvalue weighted by Gasteiger charge is -2.33. The molecular weight excluding hydrogens is 988 g/mol. The van der Waals surface area contributed by atoms with Crippen LogP contribution in [0.4, 0.5) is 4.39 Å². The predicted molar refractivity (Wildman–Crippen MR) is 302 cm³/mol. The summed E-state index contributed by atoms with van der Waals surface area (Å²) in [7, 11) is 1.75. The van der Waals surface area contributed by atoms with Crippen molar-refractivity contribution in [3.8, 4) is 0 Å². The molecule has 20 heteroatoms. The molecule has 1 aliphatic heterocycles. The van der Waals surface area contributed by atoms with Crippen molar-refractivity contribution in [1.29, 1.82) is 0 Å². The third-order valence-electron chi connectivity index (χ3n) is 12.1. The molecule has 1 heterocycles. The van der Waals surface area contributed by atoms with Crippen LogP contribution in [0.15, 0.2) is 24.3 Å². The molecule has 0 aromatic heterocycles. The second-order valence-electron chi connectivity index (χ2n) is 23.9. The van der Waals surface area contributed by atoms with Crippen molar-refractivity contribution in [2.75, 3.05) is 39.8 Å². The van der Waals surface area contributed by atoms with E-state index >= 15 is 0 Å². The third-order valence-corrected chi connectivity index (χ3v) is 12.1. The zero-order chi connectivity index (χ0) is 59.3.